The number of alkyl halides is 3. The number of nitrogens with zero attached hydrogens (tertiary/aromatic N) is 1. The SMILES string of the molecule is Cc1cc(/C=C(\C#N)C(=O)Nc2ccccc2C(F)(F)F)cc(C)c1O. The summed E-state index contributed by atoms with van der Waals surface area (Å²) in [5.74, 6) is -0.850. The predicted molar refractivity (Wildman–Crippen MR) is 91.2 cm³/mol. The quantitative estimate of drug-likeness (QED) is 0.622. The maximum atomic E-state index is 13.0. The maximum absolute atomic E-state index is 13.0. The van der Waals surface area contributed by atoms with Crippen molar-refractivity contribution in [3.05, 3.63) is 64.2 Å². The van der Waals surface area contributed by atoms with Crippen molar-refractivity contribution < 1.29 is 23.1 Å². The van der Waals surface area contributed by atoms with Gasteiger partial charge >= 0.3 is 6.18 Å². The number of benzene rings is 2. The second-order valence-electron chi connectivity index (χ2n) is 5.67. The third-order valence-electron chi connectivity index (χ3n) is 3.67. The molecular formula is C19H15F3N2O2. The Balaban J connectivity index is 2.36. The van der Waals surface area contributed by atoms with Gasteiger partial charge in [0.25, 0.3) is 5.91 Å². The van der Waals surface area contributed by atoms with Crippen molar-refractivity contribution >= 4 is 17.7 Å². The van der Waals surface area contributed by atoms with Crippen LogP contribution in [0.3, 0.4) is 0 Å². The number of aromatic hydroxyl groups is 1. The van der Waals surface area contributed by atoms with Crippen LogP contribution in [-0.2, 0) is 11.0 Å². The van der Waals surface area contributed by atoms with Gasteiger partial charge in [-0.1, -0.05) is 12.1 Å². The third-order valence-corrected chi connectivity index (χ3v) is 3.67. The number of halogens is 3. The van der Waals surface area contributed by atoms with Crippen LogP contribution in [0.25, 0.3) is 6.08 Å². The molecule has 0 spiro atoms. The van der Waals surface area contributed by atoms with Crippen molar-refractivity contribution in [1.29, 1.82) is 5.26 Å². The highest BCUT2D eigenvalue weighted by atomic mass is 19.4. The first-order valence-corrected chi connectivity index (χ1v) is 7.53. The van der Waals surface area contributed by atoms with E-state index >= 15 is 0 Å². The van der Waals surface area contributed by atoms with E-state index in [9.17, 15) is 28.3 Å². The number of hydrogen-bond donors (Lipinski definition) is 2. The molecule has 0 atom stereocenters. The Labute approximate surface area is 148 Å². The Bertz CT molecular complexity index is 902. The van der Waals surface area contributed by atoms with Gasteiger partial charge in [0, 0.05) is 0 Å². The number of anilines is 1. The van der Waals surface area contributed by atoms with E-state index < -0.39 is 23.3 Å². The number of carbonyl (C=O) groups excluding carboxylic acids is 1. The second-order valence-corrected chi connectivity index (χ2v) is 5.67. The van der Waals surface area contributed by atoms with E-state index in [1.54, 1.807) is 32.0 Å². The molecule has 26 heavy (non-hydrogen) atoms. The molecule has 0 saturated heterocycles. The van der Waals surface area contributed by atoms with Gasteiger partial charge in [0.15, 0.2) is 0 Å². The number of rotatable bonds is 3. The minimum atomic E-state index is -4.63. The van der Waals surface area contributed by atoms with Gasteiger partial charge in [-0.25, -0.2) is 0 Å². The molecule has 0 aliphatic rings. The summed E-state index contributed by atoms with van der Waals surface area (Å²) >= 11 is 0. The molecule has 7 heteroatoms. The Morgan fingerprint density at radius 1 is 1.19 bits per heavy atom. The fourth-order valence-electron chi connectivity index (χ4n) is 2.42. The molecule has 0 radical (unpaired) electrons. The number of aryl methyl sites for hydroxylation is 2. The van der Waals surface area contributed by atoms with Crippen LogP contribution < -0.4 is 5.32 Å². The molecule has 0 aromatic heterocycles. The zero-order chi connectivity index (χ0) is 19.5. The Hall–Kier alpha value is -3.27. The molecule has 1 amide bonds. The first kappa shape index (κ1) is 19.1. The summed E-state index contributed by atoms with van der Waals surface area (Å²) in [6.07, 6.45) is -3.38. The predicted octanol–water partition coefficient (Wildman–Crippen LogP) is 4.57. The van der Waals surface area contributed by atoms with Gasteiger partial charge in [-0.05, 0) is 60.9 Å². The molecule has 2 aromatic carbocycles. The monoisotopic (exact) mass is 360 g/mol. The van der Waals surface area contributed by atoms with Crippen LogP contribution >= 0.6 is 0 Å². The molecule has 2 aromatic rings. The average molecular weight is 360 g/mol. The first-order valence-electron chi connectivity index (χ1n) is 7.53. The lowest BCUT2D eigenvalue weighted by Crippen LogP contribution is -2.17. The molecule has 0 saturated carbocycles. The minimum absolute atomic E-state index is 0.101. The standard InChI is InChI=1S/C19H15F3N2O2/c1-11-7-13(8-12(2)17(11)25)9-14(10-23)18(26)24-16-6-4-3-5-15(16)19(20,21)22/h3-9,25H,1-2H3,(H,24,26)/b14-9+. The van der Waals surface area contributed by atoms with Crippen molar-refractivity contribution in [3.63, 3.8) is 0 Å². The fourth-order valence-corrected chi connectivity index (χ4v) is 2.42. The van der Waals surface area contributed by atoms with E-state index in [0.29, 0.717) is 16.7 Å². The van der Waals surface area contributed by atoms with Crippen LogP contribution in [0.15, 0.2) is 42.0 Å². The third kappa shape index (κ3) is 4.22. The van der Waals surface area contributed by atoms with E-state index in [1.807, 2.05) is 0 Å². The topological polar surface area (TPSA) is 73.1 Å². The lowest BCUT2D eigenvalue weighted by atomic mass is 10.0. The van der Waals surface area contributed by atoms with Crippen LogP contribution in [0.4, 0.5) is 18.9 Å². The molecule has 0 aliphatic carbocycles. The molecule has 4 nitrogen and oxygen atoms in total. The van der Waals surface area contributed by atoms with Crippen molar-refractivity contribution in [1.82, 2.24) is 0 Å². The zero-order valence-electron chi connectivity index (χ0n) is 14.0. The molecule has 0 unspecified atom stereocenters. The number of para-hydroxylation sites is 1. The lowest BCUT2D eigenvalue weighted by molar-refractivity contribution is -0.137. The van der Waals surface area contributed by atoms with Crippen molar-refractivity contribution in [2.24, 2.45) is 0 Å². The van der Waals surface area contributed by atoms with Gasteiger partial charge < -0.3 is 10.4 Å². The van der Waals surface area contributed by atoms with Gasteiger partial charge in [0.1, 0.15) is 17.4 Å². The summed E-state index contributed by atoms with van der Waals surface area (Å²) in [6, 6.07) is 9.35. The van der Waals surface area contributed by atoms with E-state index in [1.165, 1.54) is 18.2 Å². The molecule has 0 fully saturated rings. The number of phenols is 1. The van der Waals surface area contributed by atoms with Crippen LogP contribution in [-0.4, -0.2) is 11.0 Å². The van der Waals surface area contributed by atoms with Gasteiger partial charge in [-0.3, -0.25) is 4.79 Å². The van der Waals surface area contributed by atoms with Crippen molar-refractivity contribution in [2.75, 3.05) is 5.32 Å². The van der Waals surface area contributed by atoms with Gasteiger partial charge in [-0.15, -0.1) is 0 Å². The number of carbonyl (C=O) groups is 1. The minimum Gasteiger partial charge on any atom is -0.507 e. The molecule has 134 valence electrons. The Kier molecular flexibility index (Phi) is 5.36. The van der Waals surface area contributed by atoms with Crippen molar-refractivity contribution in [2.45, 2.75) is 20.0 Å². The molecule has 2 rings (SSSR count). The first-order chi connectivity index (χ1) is 12.1. The molecule has 0 bridgehead atoms. The van der Waals surface area contributed by atoms with Gasteiger partial charge in [0.2, 0.25) is 0 Å². The fraction of sp³-hybridized carbons (Fsp3) is 0.158. The maximum Gasteiger partial charge on any atom is 0.418 e. The number of hydrogen-bond acceptors (Lipinski definition) is 3. The van der Waals surface area contributed by atoms with E-state index in [0.717, 1.165) is 12.1 Å². The highest BCUT2D eigenvalue weighted by Crippen LogP contribution is 2.34. The van der Waals surface area contributed by atoms with Crippen LogP contribution in [0, 0.1) is 25.2 Å². The Morgan fingerprint density at radius 3 is 2.31 bits per heavy atom. The Morgan fingerprint density at radius 2 is 1.77 bits per heavy atom. The second kappa shape index (κ2) is 7.31. The van der Waals surface area contributed by atoms with E-state index in [2.05, 4.69) is 5.32 Å². The van der Waals surface area contributed by atoms with Crippen LogP contribution in [0.5, 0.6) is 5.75 Å². The largest absolute Gasteiger partial charge is 0.507 e. The molecule has 0 aliphatic heterocycles. The normalized spacial score (nSPS) is 11.8. The summed E-state index contributed by atoms with van der Waals surface area (Å²) < 4.78 is 39.0. The smallest absolute Gasteiger partial charge is 0.418 e. The number of nitrogens with one attached hydrogen (secondary N) is 1. The summed E-state index contributed by atoms with van der Waals surface area (Å²) in [7, 11) is 0. The van der Waals surface area contributed by atoms with Crippen molar-refractivity contribution in [3.8, 4) is 11.8 Å². The summed E-state index contributed by atoms with van der Waals surface area (Å²) in [4.78, 5) is 12.2. The van der Waals surface area contributed by atoms with E-state index in [-0.39, 0.29) is 11.3 Å². The zero-order valence-corrected chi connectivity index (χ0v) is 14.0. The number of phenolic OH excluding ortho intramolecular Hbond substituents is 1. The molecule has 0 heterocycles. The number of amides is 1. The summed E-state index contributed by atoms with van der Waals surface area (Å²) in [6.45, 7) is 3.32. The highest BCUT2D eigenvalue weighted by Gasteiger charge is 2.33. The van der Waals surface area contributed by atoms with Crippen LogP contribution in [0.1, 0.15) is 22.3 Å². The molecule has 2 N–H and O–H groups in total. The summed E-state index contributed by atoms with van der Waals surface area (Å²) in [5, 5.41) is 21.1. The van der Waals surface area contributed by atoms with E-state index in [4.69, 9.17) is 0 Å². The van der Waals surface area contributed by atoms with Gasteiger partial charge in [0.05, 0.1) is 11.3 Å². The average Bonchev–Trinajstić information content (AvgIpc) is 2.56. The van der Waals surface area contributed by atoms with Crippen LogP contribution in [0.2, 0.25) is 0 Å². The molecular weight excluding hydrogens is 345 g/mol. The number of nitriles is 1. The summed E-state index contributed by atoms with van der Waals surface area (Å²) in [5.41, 5.74) is -0.195. The van der Waals surface area contributed by atoms with Gasteiger partial charge in [-0.2, -0.15) is 18.4 Å². The lowest BCUT2D eigenvalue weighted by Gasteiger charge is -2.13. The highest BCUT2D eigenvalue weighted by molar-refractivity contribution is 6.10.